The predicted molar refractivity (Wildman–Crippen MR) is 76.9 cm³/mol. The summed E-state index contributed by atoms with van der Waals surface area (Å²) in [6.45, 7) is 1.08. The summed E-state index contributed by atoms with van der Waals surface area (Å²) in [5, 5.41) is 3.70. The normalized spacial score (nSPS) is 13.1. The molecule has 0 N–H and O–H groups in total. The molecule has 5 nitrogen and oxygen atoms in total. The Bertz CT molecular complexity index is 667. The Morgan fingerprint density at radius 1 is 1.05 bits per heavy atom. The van der Waals surface area contributed by atoms with Gasteiger partial charge in [0.05, 0.1) is 11.8 Å². The lowest BCUT2D eigenvalue weighted by Crippen LogP contribution is -2.15. The van der Waals surface area contributed by atoms with E-state index in [0.717, 1.165) is 5.56 Å². The zero-order valence-corrected chi connectivity index (χ0v) is 11.2. The van der Waals surface area contributed by atoms with Crippen molar-refractivity contribution < 1.29 is 19.1 Å². The van der Waals surface area contributed by atoms with Gasteiger partial charge in [-0.3, -0.25) is 0 Å². The average Bonchev–Trinajstić information content (AvgIpc) is 2.55. The van der Waals surface area contributed by atoms with Crippen molar-refractivity contribution in [3.05, 3.63) is 59.7 Å². The second kappa shape index (κ2) is 6.09. The highest BCUT2D eigenvalue weighted by Gasteiger charge is 2.11. The van der Waals surface area contributed by atoms with Crippen molar-refractivity contribution in [3.63, 3.8) is 0 Å². The highest BCUT2D eigenvalue weighted by atomic mass is 16.7. The van der Waals surface area contributed by atoms with Crippen LogP contribution in [-0.4, -0.2) is 25.4 Å². The molecule has 1 aliphatic rings. The summed E-state index contributed by atoms with van der Waals surface area (Å²) in [6, 6.07) is 14.1. The lowest BCUT2D eigenvalue weighted by molar-refractivity contribution is 0.0519. The van der Waals surface area contributed by atoms with Crippen LogP contribution >= 0.6 is 0 Å². The van der Waals surface area contributed by atoms with Crippen molar-refractivity contribution in [1.29, 1.82) is 0 Å². The van der Waals surface area contributed by atoms with Gasteiger partial charge in [-0.15, -0.1) is 0 Å². The number of hydrogen-bond donors (Lipinski definition) is 0. The fourth-order valence-electron chi connectivity index (χ4n) is 1.90. The molecular weight excluding hydrogens is 270 g/mol. The van der Waals surface area contributed by atoms with E-state index >= 15 is 0 Å². The highest BCUT2D eigenvalue weighted by molar-refractivity contribution is 5.90. The Labute approximate surface area is 121 Å². The van der Waals surface area contributed by atoms with Crippen LogP contribution in [0.25, 0.3) is 0 Å². The van der Waals surface area contributed by atoms with Gasteiger partial charge in [0.2, 0.25) is 0 Å². The van der Waals surface area contributed by atoms with Crippen LogP contribution in [0.4, 0.5) is 0 Å². The maximum absolute atomic E-state index is 11.7. The van der Waals surface area contributed by atoms with Gasteiger partial charge in [-0.1, -0.05) is 23.4 Å². The van der Waals surface area contributed by atoms with Gasteiger partial charge < -0.3 is 14.3 Å². The Kier molecular flexibility index (Phi) is 3.82. The highest BCUT2D eigenvalue weighted by Crippen LogP contribution is 2.30. The second-order valence-electron chi connectivity index (χ2n) is 4.38. The van der Waals surface area contributed by atoms with Crippen molar-refractivity contribution in [2.75, 3.05) is 13.2 Å². The maximum Gasteiger partial charge on any atom is 0.365 e. The van der Waals surface area contributed by atoms with Crippen LogP contribution in [0.3, 0.4) is 0 Å². The largest absolute Gasteiger partial charge is 0.486 e. The molecule has 0 saturated heterocycles. The minimum Gasteiger partial charge on any atom is -0.486 e. The summed E-state index contributed by atoms with van der Waals surface area (Å²) in [6.07, 6.45) is 1.46. The van der Waals surface area contributed by atoms with Crippen molar-refractivity contribution in [2.45, 2.75) is 0 Å². The molecule has 3 rings (SSSR count). The minimum atomic E-state index is -0.496. The van der Waals surface area contributed by atoms with Crippen LogP contribution in [0.15, 0.2) is 53.7 Å². The van der Waals surface area contributed by atoms with Crippen molar-refractivity contribution in [1.82, 2.24) is 0 Å². The Balaban J connectivity index is 1.65. The number of ether oxygens (including phenoxy) is 2. The Hall–Kier alpha value is -2.82. The van der Waals surface area contributed by atoms with Gasteiger partial charge in [0.1, 0.15) is 13.2 Å². The molecule has 0 amide bonds. The quantitative estimate of drug-likeness (QED) is 0.493. The first-order valence-corrected chi connectivity index (χ1v) is 6.52. The molecule has 2 aromatic rings. The van der Waals surface area contributed by atoms with E-state index < -0.39 is 5.97 Å². The maximum atomic E-state index is 11.7. The molecule has 0 aromatic heterocycles. The monoisotopic (exact) mass is 283 g/mol. The zero-order valence-electron chi connectivity index (χ0n) is 11.2. The standard InChI is InChI=1S/C16H13NO4/c18-16(13-4-2-1-3-5-13)21-17-11-12-6-7-14-15(10-12)20-9-8-19-14/h1-7,10-11H,8-9H2. The molecule has 106 valence electrons. The van der Waals surface area contributed by atoms with Crippen LogP contribution in [0.5, 0.6) is 11.5 Å². The summed E-state index contributed by atoms with van der Waals surface area (Å²) < 4.78 is 10.9. The lowest BCUT2D eigenvalue weighted by Gasteiger charge is -2.18. The minimum absolute atomic E-state index is 0.455. The first kappa shape index (κ1) is 13.2. The topological polar surface area (TPSA) is 57.1 Å². The predicted octanol–water partition coefficient (Wildman–Crippen LogP) is 2.65. The fraction of sp³-hybridized carbons (Fsp3) is 0.125. The number of oxime groups is 1. The average molecular weight is 283 g/mol. The van der Waals surface area contributed by atoms with Crippen LogP contribution < -0.4 is 9.47 Å². The number of nitrogens with zero attached hydrogens (tertiary/aromatic N) is 1. The number of rotatable bonds is 3. The summed E-state index contributed by atoms with van der Waals surface area (Å²) in [4.78, 5) is 16.5. The number of benzene rings is 2. The SMILES string of the molecule is O=C(ON=Cc1ccc2c(c1)OCCO2)c1ccccc1. The van der Waals surface area contributed by atoms with E-state index in [2.05, 4.69) is 5.16 Å². The number of hydrogen-bond acceptors (Lipinski definition) is 5. The summed E-state index contributed by atoms with van der Waals surface area (Å²) in [5.41, 5.74) is 1.22. The van der Waals surface area contributed by atoms with Gasteiger partial charge in [-0.2, -0.15) is 0 Å². The van der Waals surface area contributed by atoms with E-state index in [0.29, 0.717) is 30.3 Å². The molecule has 5 heteroatoms. The zero-order chi connectivity index (χ0) is 14.5. The molecule has 1 heterocycles. The fourth-order valence-corrected chi connectivity index (χ4v) is 1.90. The summed E-state index contributed by atoms with van der Waals surface area (Å²) in [5.74, 6) is 0.878. The molecule has 0 unspecified atom stereocenters. The van der Waals surface area contributed by atoms with Gasteiger partial charge >= 0.3 is 5.97 Å². The third-order valence-corrected chi connectivity index (χ3v) is 2.91. The molecule has 0 spiro atoms. The molecular formula is C16H13NO4. The van der Waals surface area contributed by atoms with E-state index in [1.807, 2.05) is 12.1 Å². The number of fused-ring (bicyclic) bond motifs is 1. The van der Waals surface area contributed by atoms with E-state index in [-0.39, 0.29) is 0 Å². The molecule has 0 bridgehead atoms. The van der Waals surface area contributed by atoms with E-state index in [9.17, 15) is 4.79 Å². The third-order valence-electron chi connectivity index (χ3n) is 2.91. The van der Waals surface area contributed by atoms with Gasteiger partial charge in [-0.05, 0) is 30.3 Å². The Morgan fingerprint density at radius 3 is 2.62 bits per heavy atom. The van der Waals surface area contributed by atoms with Gasteiger partial charge in [0, 0.05) is 5.56 Å². The van der Waals surface area contributed by atoms with E-state index in [1.54, 1.807) is 36.4 Å². The van der Waals surface area contributed by atoms with Gasteiger partial charge in [0.15, 0.2) is 11.5 Å². The molecule has 1 aliphatic heterocycles. The lowest BCUT2D eigenvalue weighted by atomic mass is 10.2. The third kappa shape index (κ3) is 3.20. The molecule has 0 radical (unpaired) electrons. The van der Waals surface area contributed by atoms with Crippen LogP contribution in [0.1, 0.15) is 15.9 Å². The second-order valence-corrected chi connectivity index (χ2v) is 4.38. The first-order chi connectivity index (χ1) is 10.3. The molecule has 0 atom stereocenters. The van der Waals surface area contributed by atoms with Crippen molar-refractivity contribution >= 4 is 12.2 Å². The van der Waals surface area contributed by atoms with Gasteiger partial charge in [-0.25, -0.2) is 4.79 Å². The summed E-state index contributed by atoms with van der Waals surface area (Å²) >= 11 is 0. The van der Waals surface area contributed by atoms with E-state index in [4.69, 9.17) is 14.3 Å². The Morgan fingerprint density at radius 2 is 1.81 bits per heavy atom. The van der Waals surface area contributed by atoms with Crippen LogP contribution in [-0.2, 0) is 4.84 Å². The summed E-state index contributed by atoms with van der Waals surface area (Å²) in [7, 11) is 0. The first-order valence-electron chi connectivity index (χ1n) is 6.52. The number of carbonyl (C=O) groups is 1. The molecule has 0 saturated carbocycles. The van der Waals surface area contributed by atoms with Crippen molar-refractivity contribution in [3.8, 4) is 11.5 Å². The molecule has 2 aromatic carbocycles. The molecule has 0 fully saturated rings. The van der Waals surface area contributed by atoms with E-state index in [1.165, 1.54) is 6.21 Å². The van der Waals surface area contributed by atoms with Gasteiger partial charge in [0.25, 0.3) is 0 Å². The molecule has 21 heavy (non-hydrogen) atoms. The smallest absolute Gasteiger partial charge is 0.365 e. The van der Waals surface area contributed by atoms with Crippen molar-refractivity contribution in [2.24, 2.45) is 5.16 Å². The molecule has 0 aliphatic carbocycles. The van der Waals surface area contributed by atoms with Crippen LogP contribution in [0, 0.1) is 0 Å². The van der Waals surface area contributed by atoms with Crippen LogP contribution in [0.2, 0.25) is 0 Å². The number of carbonyl (C=O) groups excluding carboxylic acids is 1.